The van der Waals surface area contributed by atoms with Gasteiger partial charge >= 0.3 is 0 Å². The molecule has 0 spiro atoms. The number of hydrogen-bond donors (Lipinski definition) is 2. The van der Waals surface area contributed by atoms with Crippen LogP contribution < -0.4 is 15.4 Å². The summed E-state index contributed by atoms with van der Waals surface area (Å²) in [6, 6.07) is 5.75. The number of nitrogens with zero attached hydrogens (tertiary/aromatic N) is 3. The van der Waals surface area contributed by atoms with Crippen molar-refractivity contribution in [3.63, 3.8) is 0 Å². The van der Waals surface area contributed by atoms with Crippen LogP contribution in [0, 0.1) is 5.92 Å². The van der Waals surface area contributed by atoms with Gasteiger partial charge in [0.1, 0.15) is 0 Å². The Balaban J connectivity index is 0.00000240. The highest BCUT2D eigenvalue weighted by Gasteiger charge is 2.19. The quantitative estimate of drug-likeness (QED) is 0.743. The molecule has 1 atom stereocenters. The Morgan fingerprint density at radius 1 is 1.21 bits per heavy atom. The average Bonchev–Trinajstić information content (AvgIpc) is 3.25. The van der Waals surface area contributed by atoms with Gasteiger partial charge in [-0.15, -0.1) is 12.4 Å². The number of nitrogens with one attached hydrogen (secondary N) is 2. The zero-order chi connectivity index (χ0) is 19.2. The van der Waals surface area contributed by atoms with E-state index in [1.165, 1.54) is 32.1 Å². The van der Waals surface area contributed by atoms with Crippen molar-refractivity contribution in [2.24, 2.45) is 5.92 Å². The van der Waals surface area contributed by atoms with E-state index in [-0.39, 0.29) is 18.3 Å². The van der Waals surface area contributed by atoms with Gasteiger partial charge in [0.15, 0.2) is 17.3 Å². The van der Waals surface area contributed by atoms with Gasteiger partial charge in [0.2, 0.25) is 0 Å². The average molecular weight is 420 g/mol. The monoisotopic (exact) mass is 419 g/mol. The molecule has 158 valence electrons. The van der Waals surface area contributed by atoms with Crippen LogP contribution >= 0.6 is 12.4 Å². The van der Waals surface area contributed by atoms with Crippen LogP contribution in [-0.4, -0.2) is 40.4 Å². The van der Waals surface area contributed by atoms with Gasteiger partial charge in [0.25, 0.3) is 5.91 Å². The molecule has 1 saturated heterocycles. The van der Waals surface area contributed by atoms with Crippen LogP contribution in [0.4, 0.5) is 5.82 Å². The third kappa shape index (κ3) is 5.70. The molecule has 0 bridgehead atoms. The lowest BCUT2D eigenvalue weighted by molar-refractivity contribution is 0.101. The highest BCUT2D eigenvalue weighted by Crippen LogP contribution is 2.27. The summed E-state index contributed by atoms with van der Waals surface area (Å²) < 4.78 is 7.89. The number of rotatable bonds is 6. The first-order valence-corrected chi connectivity index (χ1v) is 10.4. The third-order valence-corrected chi connectivity index (χ3v) is 5.69. The number of carbonyl (C=O) groups is 1. The molecule has 1 aliphatic carbocycles. The fourth-order valence-electron chi connectivity index (χ4n) is 4.06. The lowest BCUT2D eigenvalue weighted by Gasteiger charge is -2.23. The molecule has 2 N–H and O–H groups in total. The summed E-state index contributed by atoms with van der Waals surface area (Å²) in [4.78, 5) is 17.0. The van der Waals surface area contributed by atoms with Crippen LogP contribution in [0.1, 0.15) is 61.5 Å². The molecule has 2 fully saturated rings. The fourth-order valence-corrected chi connectivity index (χ4v) is 4.06. The number of amides is 1. The first-order valence-electron chi connectivity index (χ1n) is 10.4. The predicted molar refractivity (Wildman–Crippen MR) is 115 cm³/mol. The summed E-state index contributed by atoms with van der Waals surface area (Å²) in [5.74, 6) is 1.41. The minimum Gasteiger partial charge on any atom is -0.489 e. The Bertz CT molecular complexity index is 785. The van der Waals surface area contributed by atoms with Crippen molar-refractivity contribution in [1.82, 2.24) is 20.1 Å². The van der Waals surface area contributed by atoms with Gasteiger partial charge in [-0.05, 0) is 56.3 Å². The molecule has 29 heavy (non-hydrogen) atoms. The van der Waals surface area contributed by atoms with Crippen LogP contribution in [0.15, 0.2) is 30.6 Å². The highest BCUT2D eigenvalue weighted by atomic mass is 35.5. The number of anilines is 1. The molecule has 2 aliphatic rings. The van der Waals surface area contributed by atoms with Crippen molar-refractivity contribution in [3.05, 3.63) is 36.3 Å². The molecule has 0 aromatic carbocycles. The molecular weight excluding hydrogens is 390 g/mol. The molecule has 2 aromatic rings. The van der Waals surface area contributed by atoms with E-state index in [1.54, 1.807) is 12.3 Å². The van der Waals surface area contributed by atoms with Gasteiger partial charge < -0.3 is 15.4 Å². The lowest BCUT2D eigenvalue weighted by Crippen LogP contribution is -2.32. The second-order valence-electron chi connectivity index (χ2n) is 7.80. The summed E-state index contributed by atoms with van der Waals surface area (Å²) in [7, 11) is 0. The summed E-state index contributed by atoms with van der Waals surface area (Å²) >= 11 is 0. The normalized spacial score (nSPS) is 19.9. The molecule has 1 saturated carbocycles. The first kappa shape index (κ1) is 21.6. The van der Waals surface area contributed by atoms with Crippen LogP contribution in [0.5, 0.6) is 5.75 Å². The minimum absolute atomic E-state index is 0. The van der Waals surface area contributed by atoms with Crippen molar-refractivity contribution >= 4 is 24.1 Å². The SMILES string of the molecule is Cl.O=C(Nc1ncccc1OCC1CCCCC1)c1ccn(C2CCCNC2)n1. The number of halogens is 1. The number of aromatic nitrogens is 3. The first-order chi connectivity index (χ1) is 13.8. The van der Waals surface area contributed by atoms with Crippen molar-refractivity contribution in [2.75, 3.05) is 25.0 Å². The van der Waals surface area contributed by atoms with Crippen molar-refractivity contribution < 1.29 is 9.53 Å². The molecule has 8 heteroatoms. The van der Waals surface area contributed by atoms with Crippen LogP contribution in [0.2, 0.25) is 0 Å². The predicted octanol–water partition coefficient (Wildman–Crippen LogP) is 3.84. The number of ether oxygens (including phenoxy) is 1. The van der Waals surface area contributed by atoms with Gasteiger partial charge in [-0.2, -0.15) is 5.10 Å². The third-order valence-electron chi connectivity index (χ3n) is 5.69. The second kappa shape index (κ2) is 10.6. The topological polar surface area (TPSA) is 81.1 Å². The van der Waals surface area contributed by atoms with Gasteiger partial charge in [0, 0.05) is 18.9 Å². The fraction of sp³-hybridized carbons (Fsp3) is 0.571. The van der Waals surface area contributed by atoms with Crippen LogP contribution in [-0.2, 0) is 0 Å². The summed E-state index contributed by atoms with van der Waals surface area (Å²) in [6.07, 6.45) is 12.1. The van der Waals surface area contributed by atoms with Crippen molar-refractivity contribution in [3.8, 4) is 5.75 Å². The maximum Gasteiger partial charge on any atom is 0.277 e. The molecule has 4 rings (SSSR count). The Labute approximate surface area is 178 Å². The van der Waals surface area contributed by atoms with Gasteiger partial charge in [-0.3, -0.25) is 9.48 Å². The number of pyridine rings is 1. The van der Waals surface area contributed by atoms with Gasteiger partial charge in [0.05, 0.1) is 12.6 Å². The maximum absolute atomic E-state index is 12.7. The van der Waals surface area contributed by atoms with E-state index >= 15 is 0 Å². The van der Waals surface area contributed by atoms with Crippen LogP contribution in [0.3, 0.4) is 0 Å². The van der Waals surface area contributed by atoms with Gasteiger partial charge in [-0.25, -0.2) is 4.98 Å². The standard InChI is InChI=1S/C21H29N5O2.ClH/c27-21(18-10-13-26(25-18)17-8-4-11-22-14-17)24-20-19(9-5-12-23-20)28-15-16-6-2-1-3-7-16;/h5,9-10,12-13,16-17,22H,1-4,6-8,11,14-15H2,(H,23,24,27);1H. The number of carbonyl (C=O) groups excluding carboxylic acids is 1. The smallest absolute Gasteiger partial charge is 0.277 e. The van der Waals surface area contributed by atoms with E-state index < -0.39 is 0 Å². The second-order valence-corrected chi connectivity index (χ2v) is 7.80. The Hall–Kier alpha value is -2.12. The molecule has 1 amide bonds. The van der Waals surface area contributed by atoms with Crippen molar-refractivity contribution in [1.29, 1.82) is 0 Å². The summed E-state index contributed by atoms with van der Waals surface area (Å²) in [5, 5.41) is 10.7. The van der Waals surface area contributed by atoms with Crippen molar-refractivity contribution in [2.45, 2.75) is 51.0 Å². The Morgan fingerprint density at radius 3 is 2.86 bits per heavy atom. The number of piperidine rings is 1. The minimum atomic E-state index is -0.260. The van der Waals surface area contributed by atoms with E-state index in [9.17, 15) is 4.79 Å². The van der Waals surface area contributed by atoms with Gasteiger partial charge in [-0.1, -0.05) is 19.3 Å². The van der Waals surface area contributed by atoms with E-state index in [0.717, 1.165) is 25.9 Å². The zero-order valence-corrected chi connectivity index (χ0v) is 17.5. The molecule has 1 aliphatic heterocycles. The molecular formula is C21H30ClN5O2. The maximum atomic E-state index is 12.7. The van der Waals surface area contributed by atoms with Crippen LogP contribution in [0.25, 0.3) is 0 Å². The summed E-state index contributed by atoms with van der Waals surface area (Å²) in [6.45, 7) is 2.62. The lowest BCUT2D eigenvalue weighted by atomic mass is 9.90. The van der Waals surface area contributed by atoms with E-state index in [4.69, 9.17) is 4.74 Å². The molecule has 0 radical (unpaired) electrons. The largest absolute Gasteiger partial charge is 0.489 e. The molecule has 2 aromatic heterocycles. The molecule has 1 unspecified atom stereocenters. The summed E-state index contributed by atoms with van der Waals surface area (Å²) in [5.41, 5.74) is 0.398. The molecule has 7 nitrogen and oxygen atoms in total. The van der Waals surface area contributed by atoms with E-state index in [0.29, 0.717) is 35.8 Å². The van der Waals surface area contributed by atoms with E-state index in [2.05, 4.69) is 20.7 Å². The highest BCUT2D eigenvalue weighted by molar-refractivity contribution is 6.02. The van der Waals surface area contributed by atoms with E-state index in [1.807, 2.05) is 23.0 Å². The Kier molecular flexibility index (Phi) is 7.89. The Morgan fingerprint density at radius 2 is 2.07 bits per heavy atom. The zero-order valence-electron chi connectivity index (χ0n) is 16.7. The number of hydrogen-bond acceptors (Lipinski definition) is 5. The molecule has 3 heterocycles.